The van der Waals surface area contributed by atoms with E-state index in [9.17, 15) is 9.90 Å². The first kappa shape index (κ1) is 14.4. The molecule has 2 heterocycles. The molecule has 5 heteroatoms. The Kier molecular flexibility index (Phi) is 4.12. The molecule has 1 aromatic rings. The summed E-state index contributed by atoms with van der Waals surface area (Å²) in [7, 11) is 2.03. The summed E-state index contributed by atoms with van der Waals surface area (Å²) >= 11 is 0. The Hall–Kier alpha value is -1.59. The van der Waals surface area contributed by atoms with Crippen molar-refractivity contribution >= 4 is 6.09 Å². The second-order valence-corrected chi connectivity index (χ2v) is 6.01. The van der Waals surface area contributed by atoms with E-state index in [1.54, 1.807) is 4.90 Å². The van der Waals surface area contributed by atoms with E-state index in [1.807, 2.05) is 37.4 Å². The Morgan fingerprint density at radius 1 is 1.33 bits per heavy atom. The third-order valence-corrected chi connectivity index (χ3v) is 4.75. The molecule has 2 saturated heterocycles. The number of amides is 1. The van der Waals surface area contributed by atoms with E-state index in [1.165, 1.54) is 0 Å². The van der Waals surface area contributed by atoms with Gasteiger partial charge in [0.15, 0.2) is 0 Å². The van der Waals surface area contributed by atoms with Crippen LogP contribution in [-0.4, -0.2) is 59.8 Å². The number of fused-ring (bicyclic) bond motifs is 1. The number of aliphatic hydroxyl groups is 1. The number of nitrogens with zero attached hydrogens (tertiary/aromatic N) is 2. The molecule has 1 aromatic carbocycles. The summed E-state index contributed by atoms with van der Waals surface area (Å²) in [6, 6.07) is 10.3. The highest BCUT2D eigenvalue weighted by Gasteiger charge is 2.45. The maximum absolute atomic E-state index is 12.1. The maximum atomic E-state index is 12.1. The van der Waals surface area contributed by atoms with Crippen LogP contribution in [0.2, 0.25) is 0 Å². The number of carbonyl (C=O) groups is 1. The molecule has 0 radical (unpaired) electrons. The first-order valence-electron chi connectivity index (χ1n) is 7.47. The molecule has 0 aliphatic carbocycles. The van der Waals surface area contributed by atoms with E-state index in [-0.39, 0.29) is 18.7 Å². The van der Waals surface area contributed by atoms with Gasteiger partial charge in [0.25, 0.3) is 0 Å². The second-order valence-electron chi connectivity index (χ2n) is 6.01. The van der Waals surface area contributed by atoms with Crippen molar-refractivity contribution in [2.45, 2.75) is 25.1 Å². The molecular weight excluding hydrogens is 268 g/mol. The van der Waals surface area contributed by atoms with Crippen molar-refractivity contribution in [1.82, 2.24) is 9.80 Å². The number of likely N-dealkylation sites (tertiary alicyclic amines) is 2. The van der Waals surface area contributed by atoms with Crippen LogP contribution in [0.25, 0.3) is 0 Å². The molecule has 21 heavy (non-hydrogen) atoms. The molecule has 0 aromatic heterocycles. The Morgan fingerprint density at radius 3 is 2.76 bits per heavy atom. The highest BCUT2D eigenvalue weighted by atomic mass is 16.6. The van der Waals surface area contributed by atoms with Gasteiger partial charge in [0, 0.05) is 25.2 Å². The van der Waals surface area contributed by atoms with Crippen LogP contribution in [-0.2, 0) is 11.3 Å². The molecule has 2 aliphatic heterocycles. The van der Waals surface area contributed by atoms with Gasteiger partial charge >= 0.3 is 6.09 Å². The molecule has 3 atom stereocenters. The first-order chi connectivity index (χ1) is 10.2. The van der Waals surface area contributed by atoms with Gasteiger partial charge in [0.2, 0.25) is 0 Å². The molecule has 1 amide bonds. The monoisotopic (exact) mass is 290 g/mol. The third kappa shape index (κ3) is 2.89. The molecule has 5 nitrogen and oxygen atoms in total. The molecule has 2 fully saturated rings. The van der Waals surface area contributed by atoms with Gasteiger partial charge in [-0.15, -0.1) is 0 Å². The Bertz CT molecular complexity index is 494. The number of hydrogen-bond donors (Lipinski definition) is 1. The number of ether oxygens (including phenoxy) is 1. The Labute approximate surface area is 125 Å². The van der Waals surface area contributed by atoms with Crippen LogP contribution in [0.1, 0.15) is 12.0 Å². The summed E-state index contributed by atoms with van der Waals surface area (Å²) in [5.41, 5.74) is 1.00. The van der Waals surface area contributed by atoms with Gasteiger partial charge < -0.3 is 14.7 Å². The lowest BCUT2D eigenvalue weighted by molar-refractivity contribution is 0.0945. The summed E-state index contributed by atoms with van der Waals surface area (Å²) in [5, 5.41) is 9.33. The maximum Gasteiger partial charge on any atom is 0.410 e. The lowest BCUT2D eigenvalue weighted by Gasteiger charge is -2.25. The highest BCUT2D eigenvalue weighted by molar-refractivity contribution is 5.68. The molecular formula is C16H22N2O3. The van der Waals surface area contributed by atoms with Crippen molar-refractivity contribution in [2.75, 3.05) is 26.7 Å². The quantitative estimate of drug-likeness (QED) is 0.912. The average Bonchev–Trinajstić information content (AvgIpc) is 3.05. The van der Waals surface area contributed by atoms with E-state index in [0.717, 1.165) is 18.5 Å². The second kappa shape index (κ2) is 6.03. The normalized spacial score (nSPS) is 28.7. The van der Waals surface area contributed by atoms with Crippen LogP contribution in [0, 0.1) is 5.92 Å². The summed E-state index contributed by atoms with van der Waals surface area (Å²) < 4.78 is 5.38. The van der Waals surface area contributed by atoms with Crippen molar-refractivity contribution in [3.63, 3.8) is 0 Å². The summed E-state index contributed by atoms with van der Waals surface area (Å²) in [6.07, 6.45) is 0.724. The van der Waals surface area contributed by atoms with Crippen LogP contribution in [0.5, 0.6) is 0 Å². The first-order valence-corrected chi connectivity index (χ1v) is 7.47. The van der Waals surface area contributed by atoms with Crippen LogP contribution in [0.15, 0.2) is 30.3 Å². The molecule has 0 spiro atoms. The summed E-state index contributed by atoms with van der Waals surface area (Å²) in [6.45, 7) is 1.95. The fourth-order valence-electron chi connectivity index (χ4n) is 3.50. The van der Waals surface area contributed by atoms with Crippen LogP contribution in [0.4, 0.5) is 4.79 Å². The lowest BCUT2D eigenvalue weighted by Crippen LogP contribution is -2.40. The number of carbonyl (C=O) groups excluding carboxylic acids is 1. The topological polar surface area (TPSA) is 53.0 Å². The van der Waals surface area contributed by atoms with E-state index in [4.69, 9.17) is 4.74 Å². The van der Waals surface area contributed by atoms with Crippen molar-refractivity contribution in [2.24, 2.45) is 5.92 Å². The predicted octanol–water partition coefficient (Wildman–Crippen LogP) is 1.32. The molecule has 0 bridgehead atoms. The average molecular weight is 290 g/mol. The molecule has 1 N–H and O–H groups in total. The van der Waals surface area contributed by atoms with E-state index >= 15 is 0 Å². The van der Waals surface area contributed by atoms with E-state index in [2.05, 4.69) is 4.90 Å². The molecule has 0 saturated carbocycles. The van der Waals surface area contributed by atoms with Crippen LogP contribution in [0.3, 0.4) is 0 Å². The van der Waals surface area contributed by atoms with E-state index < -0.39 is 0 Å². The summed E-state index contributed by atoms with van der Waals surface area (Å²) in [5.74, 6) is 0.455. The Balaban J connectivity index is 1.52. The number of rotatable bonds is 3. The fraction of sp³-hybridized carbons (Fsp3) is 0.562. The SMILES string of the molecule is CN1[C@H](CO)C[C@H]2CN(C(=O)OCc3ccccc3)C[C@H]21. The number of aliphatic hydroxyl groups excluding tert-OH is 1. The molecule has 3 rings (SSSR count). The van der Waals surface area contributed by atoms with Gasteiger partial charge in [-0.1, -0.05) is 30.3 Å². The van der Waals surface area contributed by atoms with Crippen molar-refractivity contribution in [1.29, 1.82) is 0 Å². The number of hydrogen-bond acceptors (Lipinski definition) is 4. The Morgan fingerprint density at radius 2 is 2.10 bits per heavy atom. The van der Waals surface area contributed by atoms with E-state index in [0.29, 0.717) is 25.1 Å². The van der Waals surface area contributed by atoms with Crippen LogP contribution < -0.4 is 0 Å². The van der Waals surface area contributed by atoms with Crippen molar-refractivity contribution < 1.29 is 14.6 Å². The fourth-order valence-corrected chi connectivity index (χ4v) is 3.50. The minimum Gasteiger partial charge on any atom is -0.445 e. The summed E-state index contributed by atoms with van der Waals surface area (Å²) in [4.78, 5) is 16.1. The number of likely N-dealkylation sites (N-methyl/N-ethyl adjacent to an activating group) is 1. The minimum absolute atomic E-state index is 0.196. The third-order valence-electron chi connectivity index (χ3n) is 4.75. The predicted molar refractivity (Wildman–Crippen MR) is 78.7 cm³/mol. The molecule has 2 aliphatic rings. The standard InChI is InChI=1S/C16H22N2O3/c1-17-14(10-19)7-13-8-18(9-15(13)17)16(20)21-11-12-5-3-2-4-6-12/h2-6,13-15,19H,7-11H2,1H3/t13-,14-,15+/m0/s1. The van der Waals surface area contributed by atoms with Gasteiger partial charge in [0.05, 0.1) is 6.61 Å². The van der Waals surface area contributed by atoms with Crippen molar-refractivity contribution in [3.05, 3.63) is 35.9 Å². The smallest absolute Gasteiger partial charge is 0.410 e. The zero-order chi connectivity index (χ0) is 14.8. The van der Waals surface area contributed by atoms with Crippen molar-refractivity contribution in [3.8, 4) is 0 Å². The van der Waals surface area contributed by atoms with Crippen LogP contribution >= 0.6 is 0 Å². The van der Waals surface area contributed by atoms with Gasteiger partial charge in [-0.25, -0.2) is 4.79 Å². The number of benzene rings is 1. The van der Waals surface area contributed by atoms with Gasteiger partial charge in [-0.3, -0.25) is 4.90 Å². The largest absolute Gasteiger partial charge is 0.445 e. The molecule has 0 unspecified atom stereocenters. The lowest BCUT2D eigenvalue weighted by atomic mass is 10.0. The zero-order valence-corrected chi connectivity index (χ0v) is 12.3. The van der Waals surface area contributed by atoms with Gasteiger partial charge in [0.1, 0.15) is 6.61 Å². The van der Waals surface area contributed by atoms with Gasteiger partial charge in [-0.2, -0.15) is 0 Å². The molecule has 114 valence electrons. The van der Waals surface area contributed by atoms with Gasteiger partial charge in [-0.05, 0) is 24.9 Å². The zero-order valence-electron chi connectivity index (χ0n) is 12.3. The minimum atomic E-state index is -0.234. The highest BCUT2D eigenvalue weighted by Crippen LogP contribution is 2.34.